The minimum absolute atomic E-state index is 0. The van der Waals surface area contributed by atoms with E-state index in [9.17, 15) is 82.7 Å². The van der Waals surface area contributed by atoms with Gasteiger partial charge in [0.25, 0.3) is 0 Å². The molecule has 6 atom stereocenters. The van der Waals surface area contributed by atoms with Gasteiger partial charge >= 0.3 is 36.0 Å². The van der Waals surface area contributed by atoms with Crippen molar-refractivity contribution in [2.45, 2.75) is 82.0 Å². The molecule has 366 valence electrons. The molecule has 2 N–H and O–H groups in total. The third-order valence-corrected chi connectivity index (χ3v) is 8.45. The van der Waals surface area contributed by atoms with Crippen LogP contribution in [0.15, 0.2) is 54.6 Å². The Morgan fingerprint density at radius 3 is 1.70 bits per heavy atom. The van der Waals surface area contributed by atoms with Crippen LogP contribution in [-0.4, -0.2) is 137 Å². The second kappa shape index (κ2) is 29.0. The van der Waals surface area contributed by atoms with Crippen LogP contribution in [0.25, 0.3) is 0 Å². The summed E-state index contributed by atoms with van der Waals surface area (Å²) in [5.74, 6) is -5.46. The van der Waals surface area contributed by atoms with Crippen molar-refractivity contribution in [1.29, 1.82) is 0 Å². The highest BCUT2D eigenvalue weighted by molar-refractivity contribution is 5.89. The van der Waals surface area contributed by atoms with Crippen LogP contribution in [0.1, 0.15) is 54.1 Å². The smallest absolute Gasteiger partial charge is 0.416 e. The van der Waals surface area contributed by atoms with E-state index in [1.165, 1.54) is 6.07 Å². The maximum absolute atomic E-state index is 12.7. The lowest BCUT2D eigenvalue weighted by atomic mass is 9.98. The van der Waals surface area contributed by atoms with Gasteiger partial charge in [0.15, 0.2) is 24.6 Å². The Bertz CT molecular complexity index is 1970. The molecule has 1 aliphatic rings. The van der Waals surface area contributed by atoms with Crippen LogP contribution in [0.3, 0.4) is 0 Å². The van der Waals surface area contributed by atoms with Gasteiger partial charge in [-0.25, -0.2) is 4.79 Å². The Hall–Kier alpha value is -6.65. The summed E-state index contributed by atoms with van der Waals surface area (Å²) in [7, 11) is 0. The highest BCUT2D eigenvalue weighted by Gasteiger charge is 2.52. The van der Waals surface area contributed by atoms with Crippen molar-refractivity contribution in [3.8, 4) is 0 Å². The maximum Gasteiger partial charge on any atom is 0.416 e. The highest BCUT2D eigenvalue weighted by atomic mass is 35.5. The molecule has 25 nitrogen and oxygen atoms in total. The lowest BCUT2D eigenvalue weighted by molar-refractivity contribution is -0.479. The van der Waals surface area contributed by atoms with E-state index in [-0.39, 0.29) is 25.1 Å². The van der Waals surface area contributed by atoms with Crippen molar-refractivity contribution in [2.75, 3.05) is 45.9 Å². The number of ether oxygens (including phenoxy) is 6. The van der Waals surface area contributed by atoms with Crippen LogP contribution in [0, 0.1) is 40.5 Å². The van der Waals surface area contributed by atoms with Gasteiger partial charge in [-0.2, -0.15) is 13.2 Å². The minimum atomic E-state index is -4.34. The maximum atomic E-state index is 12.7. The van der Waals surface area contributed by atoms with E-state index >= 15 is 0 Å². The van der Waals surface area contributed by atoms with Gasteiger partial charge < -0.3 is 38.8 Å². The molecule has 0 radical (unpaired) electrons. The number of rotatable bonds is 24. The Morgan fingerprint density at radius 2 is 1.20 bits per heavy atom. The van der Waals surface area contributed by atoms with Crippen LogP contribution in [0.2, 0.25) is 0 Å². The molecule has 2 aromatic rings. The first-order chi connectivity index (χ1) is 30.5. The number of hydrogen-bond donors (Lipinski definition) is 2. The zero-order valence-corrected chi connectivity index (χ0v) is 35.5. The van der Waals surface area contributed by atoms with Crippen LogP contribution in [0.5, 0.6) is 0 Å². The van der Waals surface area contributed by atoms with Gasteiger partial charge in [-0.05, 0) is 37.1 Å². The first kappa shape index (κ1) is 57.4. The quantitative estimate of drug-likeness (QED) is 0.0500. The SMILES string of the molecule is CC(Cc1cccc(C(F)(F)F)c1)NCCOC(=O)c1ccccc1.Cl.O=C(CC[N+](=O)[O-])OCC1OC(O)C(OC(=O)CC[N+](=O)[O-])C(OC(=O)CC[N+](=O)[O-])C1OC(=O)CC[N+](=O)[O-]. The number of nitrogens with zero attached hydrogens (tertiary/aromatic N) is 4. The van der Waals surface area contributed by atoms with Crippen molar-refractivity contribution < 1.29 is 90.4 Å². The van der Waals surface area contributed by atoms with E-state index < -0.39 is 150 Å². The van der Waals surface area contributed by atoms with Gasteiger partial charge in [-0.3, -0.25) is 59.6 Å². The molecule has 0 spiro atoms. The van der Waals surface area contributed by atoms with Crippen LogP contribution in [-0.2, 0) is 60.2 Å². The fourth-order valence-electron chi connectivity index (χ4n) is 5.45. The lowest BCUT2D eigenvalue weighted by Crippen LogP contribution is -2.62. The first-order valence-electron chi connectivity index (χ1n) is 19.2. The van der Waals surface area contributed by atoms with Crippen LogP contribution >= 0.6 is 12.4 Å². The number of benzene rings is 2. The number of carbonyl (C=O) groups is 5. The normalized spacial score (nSPS) is 18.0. The zero-order chi connectivity index (χ0) is 48.7. The lowest BCUT2D eigenvalue weighted by Gasteiger charge is -2.42. The van der Waals surface area contributed by atoms with E-state index in [1.807, 2.05) is 13.0 Å². The van der Waals surface area contributed by atoms with Gasteiger partial charge in [0.1, 0.15) is 45.0 Å². The molecule has 2 aromatic carbocycles. The van der Waals surface area contributed by atoms with Crippen molar-refractivity contribution in [1.82, 2.24) is 5.32 Å². The van der Waals surface area contributed by atoms with Crippen molar-refractivity contribution in [3.63, 3.8) is 0 Å². The number of esters is 5. The number of halogens is 4. The molecule has 1 heterocycles. The van der Waals surface area contributed by atoms with E-state index in [4.69, 9.17) is 28.4 Å². The largest absolute Gasteiger partial charge is 0.463 e. The third kappa shape index (κ3) is 22.8. The molecule has 0 amide bonds. The van der Waals surface area contributed by atoms with Crippen molar-refractivity contribution in [3.05, 3.63) is 112 Å². The summed E-state index contributed by atoms with van der Waals surface area (Å²) < 4.78 is 68.3. The monoisotopic (exact) mass is 971 g/mol. The van der Waals surface area contributed by atoms with Crippen LogP contribution in [0.4, 0.5) is 13.2 Å². The number of hydrogen-bond acceptors (Lipinski definition) is 21. The predicted molar refractivity (Wildman–Crippen MR) is 214 cm³/mol. The van der Waals surface area contributed by atoms with Crippen LogP contribution < -0.4 is 5.32 Å². The molecule has 1 fully saturated rings. The molecule has 1 aliphatic heterocycles. The summed E-state index contributed by atoms with van der Waals surface area (Å²) in [4.78, 5) is 99.0. The third-order valence-electron chi connectivity index (χ3n) is 8.45. The number of aliphatic hydroxyl groups is 1. The summed E-state index contributed by atoms with van der Waals surface area (Å²) in [6.45, 7) is -1.96. The molecule has 0 saturated carbocycles. The van der Waals surface area contributed by atoms with Gasteiger partial charge in [-0.1, -0.05) is 36.4 Å². The molecule has 29 heteroatoms. The number of carbonyl (C=O) groups excluding carboxylic acids is 5. The second-order valence-corrected chi connectivity index (χ2v) is 13.6. The van der Waals surface area contributed by atoms with E-state index in [1.54, 1.807) is 30.3 Å². The molecule has 0 aliphatic carbocycles. The van der Waals surface area contributed by atoms with Crippen molar-refractivity contribution >= 4 is 42.3 Å². The Balaban J connectivity index is 0.000000717. The molecule has 3 rings (SSSR count). The predicted octanol–water partition coefficient (Wildman–Crippen LogP) is 2.15. The van der Waals surface area contributed by atoms with E-state index in [0.717, 1.165) is 12.1 Å². The first-order valence-corrected chi connectivity index (χ1v) is 19.2. The standard InChI is InChI=1S/C19H20F3NO2.C18H24N4O18.ClH/c1-14(12-15-6-5-9-17(13-15)19(20,21)22)23-10-11-25-18(24)16-7-3-2-4-8-16;23-11(1-5-19(28)29)36-9-10-15(38-12(24)2-6-20(30)31)16(39-13(25)3-7-21(32)33)17(18(27)37-10)40-14(26)4-8-22(34)35;/h2-9,13-14,23H,10-12H2,1H3;10,15-18,27H,1-9H2;1H. The molecule has 66 heavy (non-hydrogen) atoms. The van der Waals surface area contributed by atoms with Crippen molar-refractivity contribution in [2.24, 2.45) is 0 Å². The fraction of sp³-hybridized carbons (Fsp3) is 0.541. The topological polar surface area (TPSA) is 346 Å². The Morgan fingerprint density at radius 1 is 0.712 bits per heavy atom. The number of alkyl halides is 3. The minimum Gasteiger partial charge on any atom is -0.463 e. The fourth-order valence-corrected chi connectivity index (χ4v) is 5.45. The van der Waals surface area contributed by atoms with Gasteiger partial charge in [-0.15, -0.1) is 12.4 Å². The van der Waals surface area contributed by atoms with Gasteiger partial charge in [0.2, 0.25) is 26.2 Å². The summed E-state index contributed by atoms with van der Waals surface area (Å²) in [6.07, 6.45) is -17.1. The molecule has 0 aromatic heterocycles. The highest BCUT2D eigenvalue weighted by Crippen LogP contribution is 2.30. The number of nitro groups is 4. The average molecular weight is 972 g/mol. The van der Waals surface area contributed by atoms with Gasteiger partial charge in [0.05, 0.1) is 11.1 Å². The molecule has 6 unspecified atom stereocenters. The average Bonchev–Trinajstić information content (AvgIpc) is 3.24. The van der Waals surface area contributed by atoms with Gasteiger partial charge in [0, 0.05) is 32.3 Å². The Labute approximate surface area is 377 Å². The summed E-state index contributed by atoms with van der Waals surface area (Å²) in [5.41, 5.74) is 0.449. The summed E-state index contributed by atoms with van der Waals surface area (Å²) in [6, 6.07) is 13.9. The molecular weight excluding hydrogens is 927 g/mol. The summed E-state index contributed by atoms with van der Waals surface area (Å²) >= 11 is 0. The second-order valence-electron chi connectivity index (χ2n) is 13.6. The molecule has 0 bridgehead atoms. The Kier molecular flexibility index (Phi) is 25.2. The molecule has 1 saturated heterocycles. The molecular formula is C37H45ClF3N5O20. The number of aliphatic hydroxyl groups excluding tert-OH is 1. The zero-order valence-electron chi connectivity index (χ0n) is 34.7. The summed E-state index contributed by atoms with van der Waals surface area (Å²) in [5, 5.41) is 55.8. The van der Waals surface area contributed by atoms with E-state index in [0.29, 0.717) is 24.1 Å². The van der Waals surface area contributed by atoms with E-state index in [2.05, 4.69) is 5.32 Å². The number of nitrogens with one attached hydrogen (secondary N) is 1.